The fourth-order valence-corrected chi connectivity index (χ4v) is 1.60. The zero-order chi connectivity index (χ0) is 9.56. The predicted molar refractivity (Wildman–Crippen MR) is 59.3 cm³/mol. The van der Waals surface area contributed by atoms with Gasteiger partial charge in [-0.15, -0.1) is 0 Å². The van der Waals surface area contributed by atoms with Crippen LogP contribution in [0.2, 0.25) is 0 Å². The molecule has 0 spiro atoms. The van der Waals surface area contributed by atoms with Crippen LogP contribution in [-0.4, -0.2) is 11.3 Å². The summed E-state index contributed by atoms with van der Waals surface area (Å²) in [6, 6.07) is 0.565. The van der Waals surface area contributed by atoms with Crippen molar-refractivity contribution in [2.45, 2.75) is 45.9 Å². The summed E-state index contributed by atoms with van der Waals surface area (Å²) in [5.74, 6) is 0.645. The maximum Gasteiger partial charge on any atom is 0.0224 e. The minimum atomic E-state index is 0.565. The van der Waals surface area contributed by atoms with Gasteiger partial charge in [-0.05, 0) is 26.7 Å². The Morgan fingerprint density at radius 3 is 2.17 bits per heavy atom. The molecule has 0 aliphatic carbocycles. The smallest absolute Gasteiger partial charge is 0.0224 e. The third-order valence-electron chi connectivity index (χ3n) is 1.73. The van der Waals surface area contributed by atoms with Gasteiger partial charge in [-0.2, -0.15) is 0 Å². The zero-order valence-corrected chi connectivity index (χ0v) is 9.61. The summed E-state index contributed by atoms with van der Waals surface area (Å²) in [7, 11) is 0. The molecule has 2 unspecified atom stereocenters. The molecule has 0 saturated carbocycles. The predicted octanol–water partition coefficient (Wildman–Crippen LogP) is 3.23. The normalized spacial score (nSPS) is 17.2. The summed E-state index contributed by atoms with van der Waals surface area (Å²) < 4.78 is 3.37. The van der Waals surface area contributed by atoms with E-state index >= 15 is 0 Å². The third-order valence-corrected chi connectivity index (χ3v) is 3.13. The van der Waals surface area contributed by atoms with Gasteiger partial charge in [0.2, 0.25) is 0 Å². The molecule has 0 aliphatic heterocycles. The summed E-state index contributed by atoms with van der Waals surface area (Å²) in [5.41, 5.74) is 0. The van der Waals surface area contributed by atoms with Gasteiger partial charge in [0.15, 0.2) is 0 Å². The first-order chi connectivity index (χ1) is 5.57. The van der Waals surface area contributed by atoms with Gasteiger partial charge >= 0.3 is 0 Å². The molecule has 1 nitrogen and oxygen atoms in total. The Labute approximate surface area is 81.1 Å². The molecule has 0 bridgehead atoms. The van der Waals surface area contributed by atoms with E-state index in [2.05, 4.69) is 51.5 Å². The molecule has 0 saturated heterocycles. The molecular formula is C10H21NS. The van der Waals surface area contributed by atoms with Crippen LogP contribution in [0.3, 0.4) is 0 Å². The van der Waals surface area contributed by atoms with Crippen molar-refractivity contribution in [1.29, 1.82) is 0 Å². The lowest BCUT2D eigenvalue weighted by atomic mass is 10.1. The lowest BCUT2D eigenvalue weighted by Gasteiger charge is -2.17. The van der Waals surface area contributed by atoms with Crippen molar-refractivity contribution >= 4 is 11.9 Å². The molecule has 0 amide bonds. The number of hydrogen-bond acceptors (Lipinski definition) is 2. The van der Waals surface area contributed by atoms with Gasteiger partial charge in [0.05, 0.1) is 0 Å². The summed E-state index contributed by atoms with van der Waals surface area (Å²) in [5, 5.41) is 0.642. The molecule has 0 rings (SSSR count). The maximum atomic E-state index is 3.37. The van der Waals surface area contributed by atoms with Gasteiger partial charge in [0.1, 0.15) is 0 Å². The Morgan fingerprint density at radius 1 is 1.17 bits per heavy atom. The molecule has 0 aromatic carbocycles. The maximum absolute atomic E-state index is 3.37. The van der Waals surface area contributed by atoms with Crippen molar-refractivity contribution in [2.75, 3.05) is 0 Å². The fraction of sp³-hybridized carbons (Fsp3) is 0.800. The minimum absolute atomic E-state index is 0.565. The Hall–Kier alpha value is 0.0500. The molecule has 2 heteroatoms. The summed E-state index contributed by atoms with van der Waals surface area (Å²) in [6.07, 6.45) is 4.37. The van der Waals surface area contributed by atoms with Crippen LogP contribution in [0.5, 0.6) is 0 Å². The highest BCUT2D eigenvalue weighted by Crippen LogP contribution is 2.17. The number of hydrogen-bond donors (Lipinski definition) is 1. The van der Waals surface area contributed by atoms with Gasteiger partial charge in [0.25, 0.3) is 0 Å². The van der Waals surface area contributed by atoms with Crippen LogP contribution >= 0.6 is 11.9 Å². The highest BCUT2D eigenvalue weighted by atomic mass is 32.2. The first-order valence-corrected chi connectivity index (χ1v) is 5.49. The van der Waals surface area contributed by atoms with Crippen molar-refractivity contribution in [3.63, 3.8) is 0 Å². The van der Waals surface area contributed by atoms with E-state index in [0.29, 0.717) is 17.2 Å². The summed E-state index contributed by atoms with van der Waals surface area (Å²) in [6.45, 7) is 10.9. The van der Waals surface area contributed by atoms with E-state index in [1.807, 2.05) is 11.9 Å². The third kappa shape index (κ3) is 5.67. The average molecular weight is 187 g/mol. The molecule has 0 aromatic rings. The topological polar surface area (TPSA) is 12.0 Å². The first-order valence-electron chi connectivity index (χ1n) is 4.62. The SMILES string of the molecule is CC=CC(C)C(C)SNC(C)C. The van der Waals surface area contributed by atoms with E-state index in [0.717, 1.165) is 0 Å². The van der Waals surface area contributed by atoms with Gasteiger partial charge in [-0.1, -0.05) is 37.9 Å². The van der Waals surface area contributed by atoms with Crippen LogP contribution in [0.1, 0.15) is 34.6 Å². The molecule has 0 heterocycles. The van der Waals surface area contributed by atoms with Crippen molar-refractivity contribution in [3.8, 4) is 0 Å². The molecule has 1 N–H and O–H groups in total. The minimum Gasteiger partial charge on any atom is -0.261 e. The fourth-order valence-electron chi connectivity index (χ4n) is 0.811. The van der Waals surface area contributed by atoms with E-state index in [1.54, 1.807) is 0 Å². The number of nitrogens with one attached hydrogen (secondary N) is 1. The largest absolute Gasteiger partial charge is 0.261 e. The summed E-state index contributed by atoms with van der Waals surface area (Å²) >= 11 is 1.83. The summed E-state index contributed by atoms with van der Waals surface area (Å²) in [4.78, 5) is 0. The van der Waals surface area contributed by atoms with Crippen LogP contribution in [-0.2, 0) is 0 Å². The van der Waals surface area contributed by atoms with Crippen molar-refractivity contribution in [1.82, 2.24) is 4.72 Å². The number of rotatable bonds is 5. The van der Waals surface area contributed by atoms with Crippen molar-refractivity contribution in [3.05, 3.63) is 12.2 Å². The van der Waals surface area contributed by atoms with E-state index in [9.17, 15) is 0 Å². The van der Waals surface area contributed by atoms with Crippen LogP contribution in [0, 0.1) is 5.92 Å². The Balaban J connectivity index is 3.63. The highest BCUT2D eigenvalue weighted by Gasteiger charge is 2.09. The molecule has 12 heavy (non-hydrogen) atoms. The van der Waals surface area contributed by atoms with Gasteiger partial charge in [-0.3, -0.25) is 4.72 Å². The van der Waals surface area contributed by atoms with E-state index in [1.165, 1.54) is 0 Å². The monoisotopic (exact) mass is 187 g/mol. The lowest BCUT2D eigenvalue weighted by Crippen LogP contribution is -2.20. The lowest BCUT2D eigenvalue weighted by molar-refractivity contribution is 0.697. The second kappa shape index (κ2) is 6.55. The van der Waals surface area contributed by atoms with Crippen molar-refractivity contribution < 1.29 is 0 Å². The van der Waals surface area contributed by atoms with Crippen molar-refractivity contribution in [2.24, 2.45) is 5.92 Å². The molecule has 2 atom stereocenters. The van der Waals surface area contributed by atoms with Gasteiger partial charge in [-0.25, -0.2) is 0 Å². The number of allylic oxidation sites excluding steroid dienone is 2. The van der Waals surface area contributed by atoms with Crippen LogP contribution < -0.4 is 4.72 Å². The molecule has 0 aromatic heterocycles. The second-order valence-electron chi connectivity index (χ2n) is 3.48. The Bertz CT molecular complexity index is 132. The van der Waals surface area contributed by atoms with Gasteiger partial charge < -0.3 is 0 Å². The highest BCUT2D eigenvalue weighted by molar-refractivity contribution is 7.98. The van der Waals surface area contributed by atoms with Crippen LogP contribution in [0.25, 0.3) is 0 Å². The van der Waals surface area contributed by atoms with Crippen LogP contribution in [0.4, 0.5) is 0 Å². The molecular weight excluding hydrogens is 166 g/mol. The standard InChI is InChI=1S/C10H21NS/c1-6-7-9(4)10(5)12-11-8(2)3/h6-11H,1-5H3. The quantitative estimate of drug-likeness (QED) is 0.524. The Morgan fingerprint density at radius 2 is 1.75 bits per heavy atom. The zero-order valence-electron chi connectivity index (χ0n) is 8.79. The molecule has 0 radical (unpaired) electrons. The van der Waals surface area contributed by atoms with E-state index in [-0.39, 0.29) is 0 Å². The Kier molecular flexibility index (Phi) is 6.58. The first kappa shape index (κ1) is 12.0. The van der Waals surface area contributed by atoms with Crippen LogP contribution in [0.15, 0.2) is 12.2 Å². The molecule has 0 fully saturated rings. The average Bonchev–Trinajstić information content (AvgIpc) is 2.00. The van der Waals surface area contributed by atoms with Gasteiger partial charge in [0, 0.05) is 11.3 Å². The van der Waals surface area contributed by atoms with E-state index < -0.39 is 0 Å². The van der Waals surface area contributed by atoms with E-state index in [4.69, 9.17) is 0 Å². The molecule has 72 valence electrons. The second-order valence-corrected chi connectivity index (χ2v) is 4.70. The molecule has 0 aliphatic rings.